The molecular weight excluding hydrogens is 92.1 g/mol. The van der Waals surface area contributed by atoms with Crippen molar-refractivity contribution < 1.29 is 5.11 Å². The topological polar surface area (TPSA) is 44.6 Å². The molecule has 3 nitrogen and oxygen atoms in total. The number of aliphatic hydroxyl groups excluding tert-OH is 1. The molecule has 1 unspecified atom stereocenters. The second-order valence-electron chi connectivity index (χ2n) is 1.49. The predicted molar refractivity (Wildman–Crippen MR) is 26.9 cm³/mol. The fourth-order valence-corrected chi connectivity index (χ4v) is 0.486. The molecule has 7 heavy (non-hydrogen) atoms. The molecule has 0 radical (unpaired) electrons. The van der Waals surface area contributed by atoms with Crippen molar-refractivity contribution in [2.75, 3.05) is 0 Å². The van der Waals surface area contributed by atoms with Gasteiger partial charge in [0.05, 0.1) is 5.71 Å². The van der Waals surface area contributed by atoms with Gasteiger partial charge in [-0.05, 0) is 6.42 Å². The highest BCUT2D eigenvalue weighted by atomic mass is 16.3. The van der Waals surface area contributed by atoms with Crippen LogP contribution in [0.3, 0.4) is 0 Å². The Morgan fingerprint density at radius 3 is 2.71 bits per heavy atom. The lowest BCUT2D eigenvalue weighted by atomic mass is 10.2. The highest BCUT2D eigenvalue weighted by Crippen LogP contribution is 1.97. The molecule has 1 rings (SSSR count). The van der Waals surface area contributed by atoms with Crippen molar-refractivity contribution >= 4 is 5.71 Å². The van der Waals surface area contributed by atoms with Crippen LogP contribution in [0.1, 0.15) is 13.3 Å². The van der Waals surface area contributed by atoms with Crippen molar-refractivity contribution in [3.05, 3.63) is 0 Å². The van der Waals surface area contributed by atoms with Gasteiger partial charge >= 0.3 is 0 Å². The fraction of sp³-hybridized carbons (Fsp3) is 0.750. The summed E-state index contributed by atoms with van der Waals surface area (Å²) in [4.78, 5) is 0. The summed E-state index contributed by atoms with van der Waals surface area (Å²) < 4.78 is 0. The van der Waals surface area contributed by atoms with Crippen LogP contribution in [0.25, 0.3) is 0 Å². The zero-order valence-electron chi connectivity index (χ0n) is 4.18. The minimum Gasteiger partial charge on any atom is -0.367 e. The van der Waals surface area contributed by atoms with E-state index in [2.05, 4.69) is 10.5 Å². The molecule has 0 saturated carbocycles. The molecule has 0 aromatic heterocycles. The van der Waals surface area contributed by atoms with E-state index in [9.17, 15) is 0 Å². The Labute approximate surface area is 42.0 Å². The number of hydrogen-bond acceptors (Lipinski definition) is 3. The van der Waals surface area contributed by atoms with Crippen LogP contribution >= 0.6 is 0 Å². The van der Waals surface area contributed by atoms with Crippen LogP contribution in [0, 0.1) is 0 Å². The van der Waals surface area contributed by atoms with Crippen molar-refractivity contribution in [1.29, 1.82) is 0 Å². The Balaban J connectivity index is 2.41. The molecule has 1 atom stereocenters. The highest BCUT2D eigenvalue weighted by Gasteiger charge is 2.16. The number of hydrazone groups is 1. The van der Waals surface area contributed by atoms with E-state index in [4.69, 9.17) is 5.11 Å². The van der Waals surface area contributed by atoms with Crippen molar-refractivity contribution in [3.63, 3.8) is 0 Å². The summed E-state index contributed by atoms with van der Waals surface area (Å²) in [5, 5.41) is 12.4. The quantitative estimate of drug-likeness (QED) is 0.474. The van der Waals surface area contributed by atoms with Crippen LogP contribution in [-0.2, 0) is 0 Å². The minimum atomic E-state index is -0.454. The van der Waals surface area contributed by atoms with Gasteiger partial charge in [-0.1, -0.05) is 6.92 Å². The maximum absolute atomic E-state index is 8.67. The third-order valence-corrected chi connectivity index (χ3v) is 1.01. The van der Waals surface area contributed by atoms with Crippen LogP contribution in [0.15, 0.2) is 5.10 Å². The van der Waals surface area contributed by atoms with Gasteiger partial charge in [0, 0.05) is 0 Å². The molecule has 3 heteroatoms. The molecular formula is C4H8N2O. The Bertz CT molecular complexity index is 99.9. The molecule has 1 heterocycles. The van der Waals surface area contributed by atoms with E-state index in [-0.39, 0.29) is 0 Å². The smallest absolute Gasteiger partial charge is 0.180 e. The lowest BCUT2D eigenvalue weighted by Crippen LogP contribution is -2.42. The van der Waals surface area contributed by atoms with Gasteiger partial charge < -0.3 is 5.11 Å². The van der Waals surface area contributed by atoms with Crippen molar-refractivity contribution in [1.82, 2.24) is 5.43 Å². The Morgan fingerprint density at radius 2 is 2.71 bits per heavy atom. The van der Waals surface area contributed by atoms with Gasteiger partial charge in [0.1, 0.15) is 0 Å². The van der Waals surface area contributed by atoms with Crippen molar-refractivity contribution in [3.8, 4) is 0 Å². The molecule has 0 aromatic rings. The maximum Gasteiger partial charge on any atom is 0.180 e. The first kappa shape index (κ1) is 4.59. The molecule has 0 aromatic carbocycles. The lowest BCUT2D eigenvalue weighted by Gasteiger charge is -2.20. The zero-order chi connectivity index (χ0) is 5.28. The Morgan fingerprint density at radius 1 is 2.00 bits per heavy atom. The number of nitrogens with one attached hydrogen (secondary N) is 1. The zero-order valence-corrected chi connectivity index (χ0v) is 4.18. The first-order valence-electron chi connectivity index (χ1n) is 2.34. The summed E-state index contributed by atoms with van der Waals surface area (Å²) in [6.07, 6.45) is 0.388. The first-order chi connectivity index (χ1) is 3.34. The third kappa shape index (κ3) is 0.587. The van der Waals surface area contributed by atoms with Crippen LogP contribution < -0.4 is 5.43 Å². The van der Waals surface area contributed by atoms with Crippen LogP contribution in [0.2, 0.25) is 0 Å². The van der Waals surface area contributed by atoms with E-state index < -0.39 is 6.23 Å². The van der Waals surface area contributed by atoms with Crippen LogP contribution in [-0.4, -0.2) is 17.0 Å². The lowest BCUT2D eigenvalue weighted by molar-refractivity contribution is 0.179. The second-order valence-corrected chi connectivity index (χ2v) is 1.49. The average Bonchev–Trinajstić information content (AvgIpc) is 1.65. The minimum absolute atomic E-state index is 0.454. The summed E-state index contributed by atoms with van der Waals surface area (Å²) in [6, 6.07) is 0. The molecule has 0 spiro atoms. The molecule has 1 aliphatic heterocycles. The SMILES string of the molecule is CCC1=NNC1O. The Hall–Kier alpha value is -0.570. The summed E-state index contributed by atoms with van der Waals surface area (Å²) in [7, 11) is 0. The summed E-state index contributed by atoms with van der Waals surface area (Å²) in [5.41, 5.74) is 3.30. The van der Waals surface area contributed by atoms with Gasteiger partial charge in [-0.3, -0.25) is 5.43 Å². The van der Waals surface area contributed by atoms with Gasteiger partial charge in [0.2, 0.25) is 0 Å². The molecule has 40 valence electrons. The molecule has 0 fully saturated rings. The first-order valence-corrected chi connectivity index (χ1v) is 2.34. The number of aliphatic hydroxyl groups is 1. The standard InChI is InChI=1S/C4H8N2O/c1-2-3-4(7)6-5-3/h4,6-7H,2H2,1H3. The molecule has 2 N–H and O–H groups in total. The van der Waals surface area contributed by atoms with Crippen molar-refractivity contribution in [2.24, 2.45) is 5.10 Å². The van der Waals surface area contributed by atoms with E-state index in [1.807, 2.05) is 6.92 Å². The normalized spacial score (nSPS) is 27.7. The Kier molecular flexibility index (Phi) is 0.982. The number of nitrogens with zero attached hydrogens (tertiary/aromatic N) is 1. The van der Waals surface area contributed by atoms with Gasteiger partial charge in [-0.2, -0.15) is 5.10 Å². The van der Waals surface area contributed by atoms with Gasteiger partial charge in [0.15, 0.2) is 6.23 Å². The number of rotatable bonds is 1. The summed E-state index contributed by atoms with van der Waals surface area (Å²) in [5.74, 6) is 0. The third-order valence-electron chi connectivity index (χ3n) is 1.01. The van der Waals surface area contributed by atoms with E-state index in [0.717, 1.165) is 12.1 Å². The van der Waals surface area contributed by atoms with E-state index in [1.165, 1.54) is 0 Å². The van der Waals surface area contributed by atoms with E-state index in [1.54, 1.807) is 0 Å². The van der Waals surface area contributed by atoms with Gasteiger partial charge in [-0.15, -0.1) is 0 Å². The molecule has 1 aliphatic rings. The average molecular weight is 100 g/mol. The molecule has 0 aliphatic carbocycles. The maximum atomic E-state index is 8.67. The van der Waals surface area contributed by atoms with Gasteiger partial charge in [0.25, 0.3) is 0 Å². The van der Waals surface area contributed by atoms with Gasteiger partial charge in [-0.25, -0.2) is 0 Å². The fourth-order valence-electron chi connectivity index (χ4n) is 0.486. The monoisotopic (exact) mass is 100 g/mol. The van der Waals surface area contributed by atoms with Crippen LogP contribution in [0.5, 0.6) is 0 Å². The van der Waals surface area contributed by atoms with Crippen LogP contribution in [0.4, 0.5) is 0 Å². The largest absolute Gasteiger partial charge is 0.367 e. The van der Waals surface area contributed by atoms with E-state index >= 15 is 0 Å². The predicted octanol–water partition coefficient (Wildman–Crippen LogP) is -0.326. The van der Waals surface area contributed by atoms with E-state index in [0.29, 0.717) is 0 Å². The summed E-state index contributed by atoms with van der Waals surface area (Å²) in [6.45, 7) is 1.96. The van der Waals surface area contributed by atoms with Crippen molar-refractivity contribution in [2.45, 2.75) is 19.6 Å². The molecule has 0 bridgehead atoms. The molecule has 0 amide bonds. The second kappa shape index (κ2) is 1.50. The molecule has 0 saturated heterocycles. The number of hydrogen-bond donors (Lipinski definition) is 2. The summed E-state index contributed by atoms with van der Waals surface area (Å²) >= 11 is 0. The highest BCUT2D eigenvalue weighted by molar-refractivity contribution is 5.90.